The second-order valence-electron chi connectivity index (χ2n) is 8.86. The molecular weight excluding hydrogens is 560 g/mol. The Labute approximate surface area is 228 Å². The molecule has 0 aromatic heterocycles. The fraction of sp³-hybridized carbons (Fsp3) is 0.250. The van der Waals surface area contributed by atoms with Crippen LogP contribution in [-0.2, 0) is 16.1 Å². The van der Waals surface area contributed by atoms with Gasteiger partial charge in [0, 0.05) is 23.8 Å². The summed E-state index contributed by atoms with van der Waals surface area (Å²) < 4.78 is 33.7. The predicted molar refractivity (Wildman–Crippen MR) is 144 cm³/mol. The van der Waals surface area contributed by atoms with Gasteiger partial charge in [-0.25, -0.2) is 8.78 Å². The molecule has 38 heavy (non-hydrogen) atoms. The molecule has 0 bridgehead atoms. The molecule has 3 rings (SSSR count). The maximum atomic E-state index is 14.0. The van der Waals surface area contributed by atoms with Crippen LogP contribution in [0.15, 0.2) is 59.1 Å². The number of halogens is 3. The van der Waals surface area contributed by atoms with Crippen molar-refractivity contribution in [1.29, 1.82) is 0 Å². The molecule has 1 unspecified atom stereocenters. The van der Waals surface area contributed by atoms with Crippen molar-refractivity contribution in [1.82, 2.24) is 10.2 Å². The van der Waals surface area contributed by atoms with Gasteiger partial charge in [-0.05, 0) is 79.9 Å². The first-order valence-electron chi connectivity index (χ1n) is 11.7. The van der Waals surface area contributed by atoms with Gasteiger partial charge >= 0.3 is 0 Å². The van der Waals surface area contributed by atoms with E-state index in [1.54, 1.807) is 19.2 Å². The molecule has 1 atom stereocenters. The fourth-order valence-electron chi connectivity index (χ4n) is 3.70. The lowest BCUT2D eigenvalue weighted by atomic mass is 10.1. The summed E-state index contributed by atoms with van der Waals surface area (Å²) in [5, 5.41) is 5.29. The first-order valence-corrected chi connectivity index (χ1v) is 12.5. The molecule has 0 aliphatic carbocycles. The molecular formula is C28H28BrF2N3O4. The third kappa shape index (κ3) is 7.61. The zero-order valence-corrected chi connectivity index (χ0v) is 23.0. The van der Waals surface area contributed by atoms with Crippen LogP contribution < -0.4 is 15.4 Å². The summed E-state index contributed by atoms with van der Waals surface area (Å²) in [6, 6.07) is 12.8. The van der Waals surface area contributed by atoms with Crippen molar-refractivity contribution in [3.8, 4) is 5.75 Å². The fourth-order valence-corrected chi connectivity index (χ4v) is 4.38. The van der Waals surface area contributed by atoms with Crippen LogP contribution in [0.2, 0.25) is 0 Å². The summed E-state index contributed by atoms with van der Waals surface area (Å²) in [5.41, 5.74) is 2.92. The van der Waals surface area contributed by atoms with Gasteiger partial charge in [-0.3, -0.25) is 14.4 Å². The summed E-state index contributed by atoms with van der Waals surface area (Å²) in [6.07, 6.45) is -1.02. The van der Waals surface area contributed by atoms with E-state index in [4.69, 9.17) is 4.74 Å². The molecule has 2 N–H and O–H groups in total. The van der Waals surface area contributed by atoms with Gasteiger partial charge in [-0.1, -0.05) is 28.1 Å². The summed E-state index contributed by atoms with van der Waals surface area (Å²) in [4.78, 5) is 39.5. The number of aryl methyl sites for hydroxylation is 2. The van der Waals surface area contributed by atoms with Gasteiger partial charge in [0.05, 0.1) is 12.1 Å². The highest BCUT2D eigenvalue weighted by Gasteiger charge is 2.22. The number of carbonyl (C=O) groups excluding carboxylic acids is 3. The number of amides is 3. The van der Waals surface area contributed by atoms with Gasteiger partial charge in [0.2, 0.25) is 5.91 Å². The molecule has 10 heteroatoms. The van der Waals surface area contributed by atoms with Gasteiger partial charge in [0.25, 0.3) is 11.8 Å². The highest BCUT2D eigenvalue weighted by atomic mass is 79.9. The first kappa shape index (κ1) is 28.8. The van der Waals surface area contributed by atoms with Crippen molar-refractivity contribution >= 4 is 39.3 Å². The van der Waals surface area contributed by atoms with E-state index in [-0.39, 0.29) is 30.2 Å². The van der Waals surface area contributed by atoms with Crippen LogP contribution in [0.4, 0.5) is 14.5 Å². The molecule has 0 radical (unpaired) electrons. The van der Waals surface area contributed by atoms with E-state index in [9.17, 15) is 23.2 Å². The third-order valence-corrected chi connectivity index (χ3v) is 6.22. The molecule has 7 nitrogen and oxygen atoms in total. The zero-order chi connectivity index (χ0) is 28.0. The number of carbonyl (C=O) groups is 3. The van der Waals surface area contributed by atoms with Crippen molar-refractivity contribution in [2.45, 2.75) is 33.4 Å². The van der Waals surface area contributed by atoms with E-state index < -0.39 is 29.6 Å². The van der Waals surface area contributed by atoms with Crippen molar-refractivity contribution in [3.05, 3.63) is 93.0 Å². The Morgan fingerprint density at radius 3 is 2.21 bits per heavy atom. The number of anilines is 1. The first-order chi connectivity index (χ1) is 17.9. The Morgan fingerprint density at radius 2 is 1.58 bits per heavy atom. The molecule has 0 aliphatic heterocycles. The Kier molecular flexibility index (Phi) is 9.57. The molecule has 3 amide bonds. The Balaban J connectivity index is 1.64. The summed E-state index contributed by atoms with van der Waals surface area (Å²) >= 11 is 3.42. The van der Waals surface area contributed by atoms with E-state index in [0.29, 0.717) is 5.69 Å². The molecule has 200 valence electrons. The summed E-state index contributed by atoms with van der Waals surface area (Å²) in [7, 11) is 1.55. The van der Waals surface area contributed by atoms with E-state index in [1.165, 1.54) is 30.0 Å². The van der Waals surface area contributed by atoms with Crippen molar-refractivity contribution < 1.29 is 27.9 Å². The van der Waals surface area contributed by atoms with Crippen molar-refractivity contribution in [3.63, 3.8) is 0 Å². The quantitative estimate of drug-likeness (QED) is 0.363. The Morgan fingerprint density at radius 1 is 0.974 bits per heavy atom. The zero-order valence-electron chi connectivity index (χ0n) is 21.4. The minimum absolute atomic E-state index is 0.0112. The van der Waals surface area contributed by atoms with E-state index in [0.717, 1.165) is 33.3 Å². The third-order valence-electron chi connectivity index (χ3n) is 5.76. The molecule has 0 heterocycles. The topological polar surface area (TPSA) is 87.7 Å². The lowest BCUT2D eigenvalue weighted by Crippen LogP contribution is -2.38. The number of ether oxygens (including phenoxy) is 1. The maximum absolute atomic E-state index is 14.0. The molecule has 0 saturated heterocycles. The Bertz CT molecular complexity index is 1330. The van der Waals surface area contributed by atoms with Gasteiger partial charge in [0.1, 0.15) is 17.4 Å². The molecule has 3 aromatic rings. The number of benzene rings is 3. The van der Waals surface area contributed by atoms with Crippen LogP contribution in [-0.4, -0.2) is 42.3 Å². The minimum Gasteiger partial charge on any atom is -0.480 e. The van der Waals surface area contributed by atoms with Crippen molar-refractivity contribution in [2.24, 2.45) is 0 Å². The monoisotopic (exact) mass is 587 g/mol. The van der Waals surface area contributed by atoms with Crippen LogP contribution in [0.25, 0.3) is 0 Å². The van der Waals surface area contributed by atoms with Crippen LogP contribution in [0.5, 0.6) is 5.75 Å². The minimum atomic E-state index is -1.02. The lowest BCUT2D eigenvalue weighted by molar-refractivity contribution is -0.129. The number of rotatable bonds is 9. The van der Waals surface area contributed by atoms with Gasteiger partial charge in [0.15, 0.2) is 6.10 Å². The smallest absolute Gasteiger partial charge is 0.265 e. The van der Waals surface area contributed by atoms with Gasteiger partial charge < -0.3 is 20.3 Å². The van der Waals surface area contributed by atoms with Crippen LogP contribution >= 0.6 is 15.9 Å². The molecule has 0 aliphatic rings. The molecule has 0 fully saturated rings. The number of hydrogen-bond acceptors (Lipinski definition) is 4. The van der Waals surface area contributed by atoms with E-state index in [1.807, 2.05) is 26.0 Å². The molecule has 0 spiro atoms. The highest BCUT2D eigenvalue weighted by molar-refractivity contribution is 9.10. The van der Waals surface area contributed by atoms with Crippen LogP contribution in [0.1, 0.15) is 34.0 Å². The second kappa shape index (κ2) is 12.6. The average Bonchev–Trinajstić information content (AvgIpc) is 2.86. The number of nitrogens with one attached hydrogen (secondary N) is 2. The Hall–Kier alpha value is -3.79. The van der Waals surface area contributed by atoms with Crippen LogP contribution in [0.3, 0.4) is 0 Å². The standard InChI is InChI=1S/C28H28BrF2N3O4/c1-16-11-20(29)12-17(2)26(16)33-27(36)18(3)38-24-10-9-22(31)13-23(24)28(37)32-14-25(35)34(4)15-19-5-7-21(30)8-6-19/h5-13,18H,14-15H2,1-4H3,(H,32,37)(H,33,36). The lowest BCUT2D eigenvalue weighted by Gasteiger charge is -2.20. The van der Waals surface area contributed by atoms with Crippen molar-refractivity contribution in [2.75, 3.05) is 18.9 Å². The highest BCUT2D eigenvalue weighted by Crippen LogP contribution is 2.26. The molecule has 3 aromatic carbocycles. The normalized spacial score (nSPS) is 11.4. The largest absolute Gasteiger partial charge is 0.480 e. The maximum Gasteiger partial charge on any atom is 0.265 e. The summed E-state index contributed by atoms with van der Waals surface area (Å²) in [6.45, 7) is 5.09. The average molecular weight is 588 g/mol. The second-order valence-corrected chi connectivity index (χ2v) is 9.78. The number of hydrogen-bond donors (Lipinski definition) is 2. The van der Waals surface area contributed by atoms with Gasteiger partial charge in [-0.2, -0.15) is 0 Å². The predicted octanol–water partition coefficient (Wildman–Crippen LogP) is 5.14. The summed E-state index contributed by atoms with van der Waals surface area (Å²) in [5.74, 6) is -2.67. The molecule has 0 saturated carbocycles. The number of likely N-dealkylation sites (N-methyl/N-ethyl adjacent to an activating group) is 1. The van der Waals surface area contributed by atoms with E-state index >= 15 is 0 Å². The van der Waals surface area contributed by atoms with Gasteiger partial charge in [-0.15, -0.1) is 0 Å². The SMILES string of the molecule is Cc1cc(Br)cc(C)c1NC(=O)C(C)Oc1ccc(F)cc1C(=O)NCC(=O)N(C)Cc1ccc(F)cc1. The number of nitrogens with zero attached hydrogens (tertiary/aromatic N) is 1. The van der Waals surface area contributed by atoms with E-state index in [2.05, 4.69) is 26.6 Å². The van der Waals surface area contributed by atoms with Crippen LogP contribution in [0, 0.1) is 25.5 Å².